The third-order valence-electron chi connectivity index (χ3n) is 8.97. The maximum Gasteiger partial charge on any atom is 0.145 e. The summed E-state index contributed by atoms with van der Waals surface area (Å²) < 4.78 is 14.9. The summed E-state index contributed by atoms with van der Waals surface area (Å²) in [7, 11) is 0. The van der Waals surface area contributed by atoms with Crippen LogP contribution in [-0.2, 0) is 0 Å². The van der Waals surface area contributed by atoms with E-state index in [4.69, 9.17) is 5.79 Å². The summed E-state index contributed by atoms with van der Waals surface area (Å²) >= 11 is 0. The van der Waals surface area contributed by atoms with Gasteiger partial charge in [-0.05, 0) is 92.8 Å². The summed E-state index contributed by atoms with van der Waals surface area (Å²) in [6, 6.07) is 59.8. The number of para-hydroxylation sites is 2. The van der Waals surface area contributed by atoms with Crippen LogP contribution in [-0.4, -0.2) is 0 Å². The van der Waals surface area contributed by atoms with E-state index in [1.165, 1.54) is 27.1 Å². The third-order valence-corrected chi connectivity index (χ3v) is 8.97. The number of rotatable bonds is 5. The Bertz CT molecular complexity index is 2580. The molecule has 0 saturated heterocycles. The van der Waals surface area contributed by atoms with E-state index < -0.39 is 0 Å². The molecule has 216 valence electrons. The van der Waals surface area contributed by atoms with Gasteiger partial charge in [0, 0.05) is 22.3 Å². The normalized spacial score (nSPS) is 11.8. The zero-order valence-electron chi connectivity index (χ0n) is 26.0. The maximum absolute atomic E-state index is 8.18. The van der Waals surface area contributed by atoms with Crippen LogP contribution < -0.4 is 4.90 Å². The van der Waals surface area contributed by atoms with Crippen LogP contribution in [0.5, 0.6) is 0 Å². The zero-order chi connectivity index (χ0) is 31.3. The highest BCUT2D eigenvalue weighted by Gasteiger charge is 2.22. The first kappa shape index (κ1) is 25.2. The average Bonchev–Trinajstić information content (AvgIpc) is 3.52. The molecule has 0 unspecified atom stereocenters. The highest BCUT2D eigenvalue weighted by Crippen LogP contribution is 2.46. The molecule has 0 spiro atoms. The first-order valence-corrected chi connectivity index (χ1v) is 15.6. The number of benzene rings is 8. The van der Waals surface area contributed by atoms with E-state index in [1.54, 1.807) is 0 Å². The van der Waals surface area contributed by atoms with E-state index in [2.05, 4.69) is 138 Å². The van der Waals surface area contributed by atoms with Crippen LogP contribution in [0.3, 0.4) is 0 Å². The Morgan fingerprint density at radius 2 is 1.04 bits per heavy atom. The second kappa shape index (κ2) is 10.8. The smallest absolute Gasteiger partial charge is 0.145 e. The molecule has 0 bridgehead atoms. The van der Waals surface area contributed by atoms with Crippen LogP contribution in [0.15, 0.2) is 180 Å². The minimum atomic E-state index is 0.478. The van der Waals surface area contributed by atoms with Crippen LogP contribution in [0, 0.1) is 0 Å². The SMILES string of the molecule is [2H]c1ccc(N(c2ccc(-c3ccc4ccccc4c3)cc2)c2ccc(-c3ccc4ccccc4c3)c3oc4ccccc4c23)cc1. The Hall–Kier alpha value is -6.12. The minimum absolute atomic E-state index is 0.478. The molecular formula is C44H29NO. The van der Waals surface area contributed by atoms with Crippen molar-refractivity contribution in [3.05, 3.63) is 176 Å². The quantitative estimate of drug-likeness (QED) is 0.199. The fourth-order valence-corrected chi connectivity index (χ4v) is 6.71. The lowest BCUT2D eigenvalue weighted by Gasteiger charge is -2.27. The first-order valence-electron chi connectivity index (χ1n) is 16.1. The van der Waals surface area contributed by atoms with E-state index in [0.29, 0.717) is 6.04 Å². The lowest BCUT2D eigenvalue weighted by Crippen LogP contribution is -2.10. The van der Waals surface area contributed by atoms with Crippen LogP contribution in [0.25, 0.3) is 65.7 Å². The Labute approximate surface area is 268 Å². The fraction of sp³-hybridized carbons (Fsp3) is 0. The molecule has 0 N–H and O–H groups in total. The van der Waals surface area contributed by atoms with Crippen molar-refractivity contribution in [1.29, 1.82) is 0 Å². The van der Waals surface area contributed by atoms with Gasteiger partial charge in [-0.15, -0.1) is 0 Å². The molecular weight excluding hydrogens is 558 g/mol. The van der Waals surface area contributed by atoms with Gasteiger partial charge < -0.3 is 9.32 Å². The first-order chi connectivity index (χ1) is 23.2. The molecule has 1 heterocycles. The lowest BCUT2D eigenvalue weighted by molar-refractivity contribution is 0.670. The van der Waals surface area contributed by atoms with Gasteiger partial charge in [-0.3, -0.25) is 0 Å². The maximum atomic E-state index is 8.18. The van der Waals surface area contributed by atoms with Gasteiger partial charge in [-0.1, -0.05) is 121 Å². The molecule has 0 radical (unpaired) electrons. The standard InChI is InChI=1S/C44H29NO/c1-2-14-37(15-3-1)45(38-24-22-32(23-25-38)35-20-18-30-10-4-6-12-33(30)28-35)41-27-26-39(36-21-19-31-11-5-7-13-34(31)29-36)44-43(41)40-16-8-9-17-42(40)46-44/h1-29H/i1D. The van der Waals surface area contributed by atoms with Gasteiger partial charge in [0.25, 0.3) is 0 Å². The average molecular weight is 589 g/mol. The highest BCUT2D eigenvalue weighted by atomic mass is 16.3. The topological polar surface area (TPSA) is 16.4 Å². The molecule has 2 heteroatoms. The highest BCUT2D eigenvalue weighted by molar-refractivity contribution is 6.17. The minimum Gasteiger partial charge on any atom is -0.455 e. The predicted molar refractivity (Wildman–Crippen MR) is 194 cm³/mol. The molecule has 0 saturated carbocycles. The fourth-order valence-electron chi connectivity index (χ4n) is 6.71. The summed E-state index contributed by atoms with van der Waals surface area (Å²) in [6.45, 7) is 0. The molecule has 0 aliphatic rings. The van der Waals surface area contributed by atoms with Crippen LogP contribution in [0.1, 0.15) is 1.37 Å². The predicted octanol–water partition coefficient (Wildman–Crippen LogP) is 12.7. The number of fused-ring (bicyclic) bond motifs is 5. The van der Waals surface area contributed by atoms with Crippen molar-refractivity contribution in [2.24, 2.45) is 0 Å². The van der Waals surface area contributed by atoms with E-state index in [0.717, 1.165) is 55.7 Å². The van der Waals surface area contributed by atoms with E-state index >= 15 is 0 Å². The molecule has 0 aliphatic heterocycles. The van der Waals surface area contributed by atoms with Crippen molar-refractivity contribution in [2.45, 2.75) is 0 Å². The summed E-state index contributed by atoms with van der Waals surface area (Å²) in [5.74, 6) is 0. The molecule has 46 heavy (non-hydrogen) atoms. The van der Waals surface area contributed by atoms with Gasteiger partial charge in [0.1, 0.15) is 11.2 Å². The van der Waals surface area contributed by atoms with E-state index in [9.17, 15) is 0 Å². The van der Waals surface area contributed by atoms with Gasteiger partial charge in [0.2, 0.25) is 0 Å². The van der Waals surface area contributed by atoms with Crippen molar-refractivity contribution in [3.63, 3.8) is 0 Å². The molecule has 2 nitrogen and oxygen atoms in total. The van der Waals surface area contributed by atoms with Crippen LogP contribution in [0.4, 0.5) is 17.1 Å². The van der Waals surface area contributed by atoms with Crippen LogP contribution >= 0.6 is 0 Å². The van der Waals surface area contributed by atoms with Gasteiger partial charge in [-0.2, -0.15) is 0 Å². The van der Waals surface area contributed by atoms with Crippen molar-refractivity contribution in [3.8, 4) is 22.3 Å². The third kappa shape index (κ3) is 4.43. The van der Waals surface area contributed by atoms with Crippen molar-refractivity contribution in [1.82, 2.24) is 0 Å². The van der Waals surface area contributed by atoms with Gasteiger partial charge in [0.15, 0.2) is 0 Å². The number of nitrogens with zero attached hydrogens (tertiary/aromatic N) is 1. The molecule has 9 rings (SSSR count). The monoisotopic (exact) mass is 588 g/mol. The molecule has 0 amide bonds. The summed E-state index contributed by atoms with van der Waals surface area (Å²) in [6.07, 6.45) is 0. The molecule has 0 atom stereocenters. The summed E-state index contributed by atoms with van der Waals surface area (Å²) in [5, 5.41) is 6.99. The van der Waals surface area contributed by atoms with E-state index in [1.807, 2.05) is 36.4 Å². The Kier molecular flexibility index (Phi) is 5.92. The number of furan rings is 1. The largest absolute Gasteiger partial charge is 0.455 e. The molecule has 0 aliphatic carbocycles. The molecule has 9 aromatic rings. The zero-order valence-corrected chi connectivity index (χ0v) is 25.0. The second-order valence-corrected chi connectivity index (χ2v) is 11.7. The second-order valence-electron chi connectivity index (χ2n) is 11.7. The Balaban J connectivity index is 1.24. The lowest BCUT2D eigenvalue weighted by atomic mass is 9.97. The van der Waals surface area contributed by atoms with E-state index in [-0.39, 0.29) is 0 Å². The number of hydrogen-bond acceptors (Lipinski definition) is 2. The summed E-state index contributed by atoms with van der Waals surface area (Å²) in [4.78, 5) is 2.28. The van der Waals surface area contributed by atoms with Crippen molar-refractivity contribution >= 4 is 60.5 Å². The Morgan fingerprint density at radius 3 is 1.78 bits per heavy atom. The number of anilines is 3. The molecule has 1 aromatic heterocycles. The van der Waals surface area contributed by atoms with Gasteiger partial charge >= 0.3 is 0 Å². The van der Waals surface area contributed by atoms with Gasteiger partial charge in [-0.25, -0.2) is 0 Å². The van der Waals surface area contributed by atoms with Crippen LogP contribution in [0.2, 0.25) is 0 Å². The van der Waals surface area contributed by atoms with Crippen molar-refractivity contribution in [2.75, 3.05) is 4.90 Å². The Morgan fingerprint density at radius 1 is 0.457 bits per heavy atom. The number of hydrogen-bond donors (Lipinski definition) is 0. The molecule has 8 aromatic carbocycles. The van der Waals surface area contributed by atoms with Crippen molar-refractivity contribution < 1.29 is 5.79 Å². The molecule has 0 fully saturated rings. The summed E-state index contributed by atoms with van der Waals surface area (Å²) in [5.41, 5.74) is 9.24. The van der Waals surface area contributed by atoms with Gasteiger partial charge in [0.05, 0.1) is 12.4 Å².